The van der Waals surface area contributed by atoms with E-state index in [1.165, 1.54) is 0 Å². The summed E-state index contributed by atoms with van der Waals surface area (Å²) in [5, 5.41) is 6.99. The molecule has 1 atom stereocenters. The second-order valence-corrected chi connectivity index (χ2v) is 5.53. The standard InChI is InChI=1S/C14H20ClN3O/c1-10-7-12(15)3-4-13(10)17-14(19)9-18-6-5-16-11(2)8-18/h3-4,7,11,16H,5-6,8-9H2,1-2H3,(H,17,19)/t11-/m0/s1. The van der Waals surface area contributed by atoms with Crippen molar-refractivity contribution in [2.24, 2.45) is 0 Å². The van der Waals surface area contributed by atoms with Crippen molar-refractivity contribution >= 4 is 23.2 Å². The maximum absolute atomic E-state index is 12.0. The third kappa shape index (κ3) is 4.20. The minimum Gasteiger partial charge on any atom is -0.325 e. The molecule has 1 fully saturated rings. The van der Waals surface area contributed by atoms with Gasteiger partial charge in [0, 0.05) is 36.4 Å². The van der Waals surface area contributed by atoms with E-state index in [2.05, 4.69) is 22.5 Å². The van der Waals surface area contributed by atoms with Crippen LogP contribution in [0.25, 0.3) is 0 Å². The van der Waals surface area contributed by atoms with Gasteiger partial charge in [-0.05, 0) is 37.6 Å². The van der Waals surface area contributed by atoms with Gasteiger partial charge in [-0.1, -0.05) is 11.6 Å². The molecule has 2 rings (SSSR count). The Morgan fingerprint density at radius 3 is 3.05 bits per heavy atom. The van der Waals surface area contributed by atoms with Gasteiger partial charge in [0.15, 0.2) is 0 Å². The first-order chi connectivity index (χ1) is 9.04. The summed E-state index contributed by atoms with van der Waals surface area (Å²) in [6, 6.07) is 5.93. The Balaban J connectivity index is 1.90. The van der Waals surface area contributed by atoms with E-state index in [9.17, 15) is 4.79 Å². The lowest BCUT2D eigenvalue weighted by Crippen LogP contribution is -2.51. The Bertz CT molecular complexity index is 464. The van der Waals surface area contributed by atoms with Gasteiger partial charge in [-0.25, -0.2) is 0 Å². The molecule has 0 radical (unpaired) electrons. The zero-order valence-electron chi connectivity index (χ0n) is 11.4. The molecule has 1 saturated heterocycles. The number of aryl methyl sites for hydroxylation is 1. The molecule has 1 heterocycles. The largest absolute Gasteiger partial charge is 0.325 e. The number of rotatable bonds is 3. The number of anilines is 1. The Labute approximate surface area is 119 Å². The molecule has 1 amide bonds. The fourth-order valence-electron chi connectivity index (χ4n) is 2.32. The number of piperazine rings is 1. The van der Waals surface area contributed by atoms with Crippen LogP contribution >= 0.6 is 11.6 Å². The summed E-state index contributed by atoms with van der Waals surface area (Å²) in [6.07, 6.45) is 0. The second kappa shape index (κ2) is 6.37. The molecule has 104 valence electrons. The molecule has 0 bridgehead atoms. The summed E-state index contributed by atoms with van der Waals surface area (Å²) in [7, 11) is 0. The van der Waals surface area contributed by atoms with Crippen LogP contribution in [0, 0.1) is 6.92 Å². The summed E-state index contributed by atoms with van der Waals surface area (Å²) in [5.41, 5.74) is 1.81. The number of hydrogen-bond acceptors (Lipinski definition) is 3. The van der Waals surface area contributed by atoms with Crippen molar-refractivity contribution in [2.75, 3.05) is 31.5 Å². The molecule has 1 aliphatic heterocycles. The van der Waals surface area contributed by atoms with Crippen molar-refractivity contribution in [1.82, 2.24) is 10.2 Å². The lowest BCUT2D eigenvalue weighted by molar-refractivity contribution is -0.117. The molecular formula is C14H20ClN3O. The molecule has 2 N–H and O–H groups in total. The Morgan fingerprint density at radius 2 is 2.37 bits per heavy atom. The maximum atomic E-state index is 12.0. The summed E-state index contributed by atoms with van der Waals surface area (Å²) in [6.45, 7) is 7.27. The number of benzene rings is 1. The van der Waals surface area contributed by atoms with Crippen LogP contribution in [0.4, 0.5) is 5.69 Å². The van der Waals surface area contributed by atoms with Gasteiger partial charge in [0.2, 0.25) is 5.91 Å². The van der Waals surface area contributed by atoms with E-state index in [1.54, 1.807) is 6.07 Å². The second-order valence-electron chi connectivity index (χ2n) is 5.10. The number of carbonyl (C=O) groups is 1. The molecule has 4 nitrogen and oxygen atoms in total. The van der Waals surface area contributed by atoms with E-state index in [-0.39, 0.29) is 5.91 Å². The zero-order chi connectivity index (χ0) is 13.8. The molecule has 1 aliphatic rings. The smallest absolute Gasteiger partial charge is 0.238 e. The number of nitrogens with zero attached hydrogens (tertiary/aromatic N) is 1. The summed E-state index contributed by atoms with van der Waals surface area (Å²) < 4.78 is 0. The number of carbonyl (C=O) groups excluding carboxylic acids is 1. The highest BCUT2D eigenvalue weighted by atomic mass is 35.5. The SMILES string of the molecule is Cc1cc(Cl)ccc1NC(=O)CN1CCN[C@@H](C)C1. The van der Waals surface area contributed by atoms with E-state index in [0.717, 1.165) is 30.9 Å². The quantitative estimate of drug-likeness (QED) is 0.889. The first-order valence-electron chi connectivity index (χ1n) is 6.56. The molecule has 0 spiro atoms. The predicted molar refractivity (Wildman–Crippen MR) is 78.7 cm³/mol. The Morgan fingerprint density at radius 1 is 1.58 bits per heavy atom. The lowest BCUT2D eigenvalue weighted by atomic mass is 10.2. The van der Waals surface area contributed by atoms with Crippen LogP contribution in [-0.2, 0) is 4.79 Å². The van der Waals surface area contributed by atoms with Crippen LogP contribution in [0.15, 0.2) is 18.2 Å². The molecule has 19 heavy (non-hydrogen) atoms. The molecule has 0 aromatic heterocycles. The first-order valence-corrected chi connectivity index (χ1v) is 6.94. The van der Waals surface area contributed by atoms with Crippen LogP contribution < -0.4 is 10.6 Å². The fourth-order valence-corrected chi connectivity index (χ4v) is 2.54. The van der Waals surface area contributed by atoms with E-state index >= 15 is 0 Å². The van der Waals surface area contributed by atoms with Crippen LogP contribution in [0.5, 0.6) is 0 Å². The fraction of sp³-hybridized carbons (Fsp3) is 0.500. The van der Waals surface area contributed by atoms with Gasteiger partial charge < -0.3 is 10.6 Å². The first kappa shape index (κ1) is 14.3. The minimum absolute atomic E-state index is 0.0273. The number of hydrogen-bond donors (Lipinski definition) is 2. The van der Waals surface area contributed by atoms with Gasteiger partial charge in [0.25, 0.3) is 0 Å². The van der Waals surface area contributed by atoms with Gasteiger partial charge in [0.05, 0.1) is 6.54 Å². The maximum Gasteiger partial charge on any atom is 0.238 e. The zero-order valence-corrected chi connectivity index (χ0v) is 12.1. The van der Waals surface area contributed by atoms with Crippen molar-refractivity contribution in [3.05, 3.63) is 28.8 Å². The van der Waals surface area contributed by atoms with Crippen LogP contribution in [-0.4, -0.2) is 43.0 Å². The topological polar surface area (TPSA) is 44.4 Å². The average Bonchev–Trinajstić information content (AvgIpc) is 2.33. The molecule has 0 aliphatic carbocycles. The summed E-state index contributed by atoms with van der Waals surface area (Å²) in [5.74, 6) is 0.0273. The van der Waals surface area contributed by atoms with Crippen molar-refractivity contribution in [3.63, 3.8) is 0 Å². The minimum atomic E-state index is 0.0273. The highest BCUT2D eigenvalue weighted by Crippen LogP contribution is 2.19. The number of amides is 1. The third-order valence-electron chi connectivity index (χ3n) is 3.28. The van der Waals surface area contributed by atoms with E-state index < -0.39 is 0 Å². The predicted octanol–water partition coefficient (Wildman–Crippen LogP) is 1.88. The van der Waals surface area contributed by atoms with Crippen molar-refractivity contribution in [3.8, 4) is 0 Å². The van der Waals surface area contributed by atoms with E-state index in [0.29, 0.717) is 17.6 Å². The van der Waals surface area contributed by atoms with Crippen LogP contribution in [0.2, 0.25) is 5.02 Å². The van der Waals surface area contributed by atoms with E-state index in [4.69, 9.17) is 11.6 Å². The van der Waals surface area contributed by atoms with Gasteiger partial charge in [0.1, 0.15) is 0 Å². The Hall–Kier alpha value is -1.10. The molecule has 1 aromatic carbocycles. The van der Waals surface area contributed by atoms with Gasteiger partial charge in [-0.2, -0.15) is 0 Å². The van der Waals surface area contributed by atoms with Crippen molar-refractivity contribution in [2.45, 2.75) is 19.9 Å². The molecule has 5 heteroatoms. The van der Waals surface area contributed by atoms with Crippen LogP contribution in [0.3, 0.4) is 0 Å². The highest BCUT2D eigenvalue weighted by Gasteiger charge is 2.18. The average molecular weight is 282 g/mol. The molecule has 0 unspecified atom stereocenters. The van der Waals surface area contributed by atoms with Gasteiger partial charge in [-0.15, -0.1) is 0 Å². The lowest BCUT2D eigenvalue weighted by Gasteiger charge is -2.31. The van der Waals surface area contributed by atoms with Crippen molar-refractivity contribution in [1.29, 1.82) is 0 Å². The molecule has 0 saturated carbocycles. The molecule has 1 aromatic rings. The Kier molecular flexibility index (Phi) is 4.80. The number of halogens is 1. The van der Waals surface area contributed by atoms with E-state index in [1.807, 2.05) is 19.1 Å². The highest BCUT2D eigenvalue weighted by molar-refractivity contribution is 6.30. The third-order valence-corrected chi connectivity index (χ3v) is 3.52. The summed E-state index contributed by atoms with van der Waals surface area (Å²) >= 11 is 5.90. The normalized spacial score (nSPS) is 20.3. The van der Waals surface area contributed by atoms with Gasteiger partial charge >= 0.3 is 0 Å². The van der Waals surface area contributed by atoms with Gasteiger partial charge in [-0.3, -0.25) is 9.69 Å². The summed E-state index contributed by atoms with van der Waals surface area (Å²) in [4.78, 5) is 14.2. The number of nitrogens with one attached hydrogen (secondary N) is 2. The van der Waals surface area contributed by atoms with Crippen LogP contribution in [0.1, 0.15) is 12.5 Å². The monoisotopic (exact) mass is 281 g/mol. The van der Waals surface area contributed by atoms with Crippen molar-refractivity contribution < 1.29 is 4.79 Å². The molecular weight excluding hydrogens is 262 g/mol.